The Morgan fingerprint density at radius 1 is 1.18 bits per heavy atom. The maximum atomic E-state index is 12.8. The highest BCUT2D eigenvalue weighted by atomic mass is 32.2. The van der Waals surface area contributed by atoms with Gasteiger partial charge < -0.3 is 10.1 Å². The summed E-state index contributed by atoms with van der Waals surface area (Å²) in [7, 11) is -1.96. The van der Waals surface area contributed by atoms with Crippen LogP contribution in [0.4, 0.5) is 0 Å². The van der Waals surface area contributed by atoms with Crippen LogP contribution in [-0.4, -0.2) is 45.5 Å². The van der Waals surface area contributed by atoms with E-state index < -0.39 is 10.0 Å². The molecule has 122 valence electrons. The summed E-state index contributed by atoms with van der Waals surface area (Å²) >= 11 is 0. The monoisotopic (exact) mass is 324 g/mol. The van der Waals surface area contributed by atoms with Gasteiger partial charge in [-0.3, -0.25) is 0 Å². The second kappa shape index (κ2) is 6.56. The number of nitrogens with one attached hydrogen (secondary N) is 1. The quantitative estimate of drug-likeness (QED) is 0.867. The molecule has 1 aliphatic heterocycles. The molecule has 0 aromatic heterocycles. The summed E-state index contributed by atoms with van der Waals surface area (Å²) in [6.07, 6.45) is 4.43. The predicted octanol–water partition coefficient (Wildman–Crippen LogP) is 1.85. The van der Waals surface area contributed by atoms with Gasteiger partial charge in [0.1, 0.15) is 10.6 Å². The minimum absolute atomic E-state index is 0.266. The van der Waals surface area contributed by atoms with Crippen LogP contribution >= 0.6 is 0 Å². The molecule has 0 unspecified atom stereocenters. The fraction of sp³-hybridized carbons (Fsp3) is 0.625. The molecule has 1 N–H and O–H groups in total. The largest absolute Gasteiger partial charge is 0.495 e. The molecule has 5 nitrogen and oxygen atoms in total. The number of rotatable bonds is 6. The first-order chi connectivity index (χ1) is 10.6. The van der Waals surface area contributed by atoms with Gasteiger partial charge in [0.15, 0.2) is 0 Å². The maximum Gasteiger partial charge on any atom is 0.246 e. The van der Waals surface area contributed by atoms with Gasteiger partial charge in [0, 0.05) is 19.1 Å². The average Bonchev–Trinajstić information content (AvgIpc) is 3.37. The minimum atomic E-state index is -3.47. The molecule has 6 heteroatoms. The van der Waals surface area contributed by atoms with E-state index in [4.69, 9.17) is 4.74 Å². The smallest absolute Gasteiger partial charge is 0.246 e. The second-order valence-corrected chi connectivity index (χ2v) is 8.09. The number of piperidine rings is 1. The minimum Gasteiger partial charge on any atom is -0.495 e. The Balaban J connectivity index is 1.63. The number of para-hydroxylation sites is 1. The van der Waals surface area contributed by atoms with Crippen molar-refractivity contribution >= 4 is 10.0 Å². The lowest BCUT2D eigenvalue weighted by Gasteiger charge is -2.32. The summed E-state index contributed by atoms with van der Waals surface area (Å²) < 4.78 is 32.3. The van der Waals surface area contributed by atoms with Crippen LogP contribution in [0.3, 0.4) is 0 Å². The standard InChI is InChI=1S/C16H24N2O3S/c1-21-15-4-2-3-5-16(15)22(19,20)18-10-8-14(9-11-18)17-12-13-6-7-13/h2-5,13-14,17H,6-12H2,1H3. The van der Waals surface area contributed by atoms with Crippen molar-refractivity contribution in [1.82, 2.24) is 9.62 Å². The molecule has 1 saturated heterocycles. The first kappa shape index (κ1) is 15.8. The summed E-state index contributed by atoms with van der Waals surface area (Å²) in [6.45, 7) is 2.23. The number of sulfonamides is 1. The van der Waals surface area contributed by atoms with Crippen LogP contribution in [0.5, 0.6) is 5.75 Å². The molecule has 22 heavy (non-hydrogen) atoms. The van der Waals surface area contributed by atoms with Crippen molar-refractivity contribution in [3.8, 4) is 5.75 Å². The number of benzene rings is 1. The van der Waals surface area contributed by atoms with Crippen LogP contribution in [0, 0.1) is 5.92 Å². The van der Waals surface area contributed by atoms with Crippen molar-refractivity contribution in [3.63, 3.8) is 0 Å². The van der Waals surface area contributed by atoms with Crippen molar-refractivity contribution in [2.45, 2.75) is 36.6 Å². The molecular weight excluding hydrogens is 300 g/mol. The molecule has 0 radical (unpaired) electrons. The third-order valence-corrected chi connectivity index (χ3v) is 6.47. The fourth-order valence-electron chi connectivity index (χ4n) is 2.93. The highest BCUT2D eigenvalue weighted by Gasteiger charge is 2.31. The lowest BCUT2D eigenvalue weighted by molar-refractivity contribution is 0.287. The Morgan fingerprint density at radius 2 is 1.86 bits per heavy atom. The molecule has 2 aliphatic rings. The van der Waals surface area contributed by atoms with Gasteiger partial charge in [-0.05, 0) is 50.3 Å². The predicted molar refractivity (Wildman–Crippen MR) is 85.5 cm³/mol. The first-order valence-electron chi connectivity index (χ1n) is 7.98. The molecule has 1 aromatic rings. The van der Waals surface area contributed by atoms with Gasteiger partial charge in [0.25, 0.3) is 0 Å². The summed E-state index contributed by atoms with van der Waals surface area (Å²) in [5, 5.41) is 3.57. The molecule has 0 spiro atoms. The summed E-state index contributed by atoms with van der Waals surface area (Å²) in [5.41, 5.74) is 0. The van der Waals surface area contributed by atoms with E-state index in [1.54, 1.807) is 28.6 Å². The molecule has 1 saturated carbocycles. The second-order valence-electron chi connectivity index (χ2n) is 6.18. The normalized spacial score (nSPS) is 21.0. The van der Waals surface area contributed by atoms with Crippen molar-refractivity contribution in [2.24, 2.45) is 5.92 Å². The van der Waals surface area contributed by atoms with E-state index in [0.717, 1.165) is 25.3 Å². The Morgan fingerprint density at radius 3 is 2.50 bits per heavy atom. The number of methoxy groups -OCH3 is 1. The SMILES string of the molecule is COc1ccccc1S(=O)(=O)N1CCC(NCC2CC2)CC1. The zero-order chi connectivity index (χ0) is 15.6. The highest BCUT2D eigenvalue weighted by Crippen LogP contribution is 2.30. The van der Waals surface area contributed by atoms with Crippen molar-refractivity contribution in [2.75, 3.05) is 26.7 Å². The fourth-order valence-corrected chi connectivity index (χ4v) is 4.55. The lowest BCUT2D eigenvalue weighted by atomic mass is 10.1. The van der Waals surface area contributed by atoms with E-state index in [-0.39, 0.29) is 4.90 Å². The van der Waals surface area contributed by atoms with E-state index >= 15 is 0 Å². The van der Waals surface area contributed by atoms with Gasteiger partial charge in [0.05, 0.1) is 7.11 Å². The molecular formula is C16H24N2O3S. The highest BCUT2D eigenvalue weighted by molar-refractivity contribution is 7.89. The molecule has 1 aromatic carbocycles. The van der Waals surface area contributed by atoms with Crippen LogP contribution in [0.2, 0.25) is 0 Å². The average molecular weight is 324 g/mol. The van der Waals surface area contributed by atoms with Crippen LogP contribution in [0.25, 0.3) is 0 Å². The van der Waals surface area contributed by atoms with Gasteiger partial charge in [-0.15, -0.1) is 0 Å². The van der Waals surface area contributed by atoms with Gasteiger partial charge in [-0.1, -0.05) is 12.1 Å². The van der Waals surface area contributed by atoms with Gasteiger partial charge in [-0.2, -0.15) is 4.31 Å². The van der Waals surface area contributed by atoms with Crippen molar-refractivity contribution in [3.05, 3.63) is 24.3 Å². The van der Waals surface area contributed by atoms with E-state index in [1.807, 2.05) is 0 Å². The molecule has 3 rings (SSSR count). The molecule has 0 amide bonds. The Kier molecular flexibility index (Phi) is 4.70. The molecule has 1 aliphatic carbocycles. The topological polar surface area (TPSA) is 58.6 Å². The van der Waals surface area contributed by atoms with Gasteiger partial charge in [0.2, 0.25) is 10.0 Å². The van der Waals surface area contributed by atoms with E-state index in [1.165, 1.54) is 20.0 Å². The third-order valence-electron chi connectivity index (χ3n) is 4.53. The van der Waals surface area contributed by atoms with Crippen LogP contribution < -0.4 is 10.1 Å². The number of nitrogens with zero attached hydrogens (tertiary/aromatic N) is 1. The van der Waals surface area contributed by atoms with E-state index in [0.29, 0.717) is 24.9 Å². The number of ether oxygens (including phenoxy) is 1. The molecule has 0 atom stereocenters. The van der Waals surface area contributed by atoms with Crippen LogP contribution in [-0.2, 0) is 10.0 Å². The van der Waals surface area contributed by atoms with E-state index in [2.05, 4.69) is 5.32 Å². The first-order valence-corrected chi connectivity index (χ1v) is 9.42. The Labute approximate surface area is 132 Å². The zero-order valence-electron chi connectivity index (χ0n) is 13.0. The zero-order valence-corrected chi connectivity index (χ0v) is 13.8. The van der Waals surface area contributed by atoms with Gasteiger partial charge in [-0.25, -0.2) is 8.42 Å². The van der Waals surface area contributed by atoms with Crippen LogP contribution in [0.1, 0.15) is 25.7 Å². The van der Waals surface area contributed by atoms with Crippen LogP contribution in [0.15, 0.2) is 29.2 Å². The van der Waals surface area contributed by atoms with E-state index in [9.17, 15) is 8.42 Å². The summed E-state index contributed by atoms with van der Waals surface area (Å²) in [4.78, 5) is 0.266. The molecule has 0 bridgehead atoms. The summed E-state index contributed by atoms with van der Waals surface area (Å²) in [5.74, 6) is 1.27. The lowest BCUT2D eigenvalue weighted by Crippen LogP contribution is -2.45. The third kappa shape index (κ3) is 3.45. The number of hydrogen-bond donors (Lipinski definition) is 1. The summed E-state index contributed by atoms with van der Waals surface area (Å²) in [6, 6.07) is 7.28. The van der Waals surface area contributed by atoms with Crippen molar-refractivity contribution in [1.29, 1.82) is 0 Å². The Bertz CT molecular complexity index is 606. The maximum absolute atomic E-state index is 12.8. The molecule has 1 heterocycles. The Hall–Kier alpha value is -1.11. The molecule has 2 fully saturated rings. The van der Waals surface area contributed by atoms with Crippen molar-refractivity contribution < 1.29 is 13.2 Å². The number of hydrogen-bond acceptors (Lipinski definition) is 4. The van der Waals surface area contributed by atoms with Gasteiger partial charge >= 0.3 is 0 Å².